The monoisotopic (exact) mass is 651 g/mol. The maximum Gasteiger partial charge on any atom is 0.164 e. The molecule has 0 radical (unpaired) electrons. The quantitative estimate of drug-likeness (QED) is 0.186. The van der Waals surface area contributed by atoms with E-state index in [1.165, 1.54) is 21.9 Å². The minimum Gasteiger partial charge on any atom is -0.455 e. The fraction of sp³-hybridized carbons (Fsp3) is 0. The molecule has 10 rings (SSSR count). The number of rotatable bonds is 5. The first-order valence-corrected chi connectivity index (χ1v) is 17.1. The van der Waals surface area contributed by atoms with Crippen LogP contribution in [0.2, 0.25) is 0 Å². The van der Waals surface area contributed by atoms with Gasteiger partial charge in [0.05, 0.1) is 0 Å². The first-order valence-electron chi connectivity index (χ1n) is 17.1. The van der Waals surface area contributed by atoms with Gasteiger partial charge in [0.2, 0.25) is 0 Å². The molecule has 0 bridgehead atoms. The molecule has 0 saturated carbocycles. The van der Waals surface area contributed by atoms with E-state index in [9.17, 15) is 0 Å². The molecule has 0 saturated heterocycles. The maximum absolute atomic E-state index is 6.59. The summed E-state index contributed by atoms with van der Waals surface area (Å²) < 4.78 is 6.59. The summed E-state index contributed by atoms with van der Waals surface area (Å²) >= 11 is 0. The summed E-state index contributed by atoms with van der Waals surface area (Å²) in [6.07, 6.45) is 0. The Balaban J connectivity index is 1.18. The van der Waals surface area contributed by atoms with Gasteiger partial charge in [0.25, 0.3) is 0 Å². The second kappa shape index (κ2) is 11.9. The highest BCUT2D eigenvalue weighted by Crippen LogP contribution is 2.40. The number of benzene rings is 8. The predicted octanol–water partition coefficient (Wildman–Crippen LogP) is 12.4. The van der Waals surface area contributed by atoms with Crippen LogP contribution >= 0.6 is 0 Å². The maximum atomic E-state index is 6.59. The Morgan fingerprint density at radius 2 is 0.843 bits per heavy atom. The third kappa shape index (κ3) is 5.22. The molecular weight excluding hydrogens is 623 g/mol. The Hall–Kier alpha value is -6.91. The molecule has 8 aromatic carbocycles. The minimum atomic E-state index is 0.605. The zero-order valence-electron chi connectivity index (χ0n) is 27.5. The van der Waals surface area contributed by atoms with Crippen LogP contribution in [-0.2, 0) is 0 Å². The molecule has 0 atom stereocenters. The van der Waals surface area contributed by atoms with Gasteiger partial charge >= 0.3 is 0 Å². The standard InChI is InChI=1S/C47H29N3O/c1-3-11-30(12-4-1)34-20-21-36-26-37(23-22-35(36)25-34)41-28-39(29-42-40-17-9-10-18-43(40)51-44(41)42)47-49-45(32-14-5-2-6-15-32)48-46(50-47)38-24-19-31-13-7-8-16-33(31)27-38/h1-29H. The van der Waals surface area contributed by atoms with E-state index in [2.05, 4.69) is 127 Å². The van der Waals surface area contributed by atoms with Gasteiger partial charge < -0.3 is 4.42 Å². The number of aromatic nitrogens is 3. The van der Waals surface area contributed by atoms with E-state index in [0.717, 1.165) is 60.5 Å². The number of nitrogens with zero attached hydrogens (tertiary/aromatic N) is 3. The van der Waals surface area contributed by atoms with E-state index >= 15 is 0 Å². The van der Waals surface area contributed by atoms with E-state index in [0.29, 0.717) is 17.5 Å². The van der Waals surface area contributed by atoms with Crippen LogP contribution in [0.3, 0.4) is 0 Å². The van der Waals surface area contributed by atoms with Gasteiger partial charge in [-0.2, -0.15) is 0 Å². The van der Waals surface area contributed by atoms with E-state index in [-0.39, 0.29) is 0 Å². The van der Waals surface area contributed by atoms with Crippen molar-refractivity contribution < 1.29 is 4.42 Å². The molecule has 0 amide bonds. The summed E-state index contributed by atoms with van der Waals surface area (Å²) in [4.78, 5) is 15.3. The molecule has 4 nitrogen and oxygen atoms in total. The van der Waals surface area contributed by atoms with E-state index in [1.807, 2.05) is 48.5 Å². The SMILES string of the molecule is c1ccc(-c2ccc3cc(-c4cc(-c5nc(-c6ccccc6)nc(-c6ccc7ccccc7c6)n5)cc5c4oc4ccccc45)ccc3c2)cc1. The molecule has 238 valence electrons. The zero-order valence-corrected chi connectivity index (χ0v) is 27.5. The normalized spacial score (nSPS) is 11.5. The molecule has 51 heavy (non-hydrogen) atoms. The minimum absolute atomic E-state index is 0.605. The Morgan fingerprint density at radius 3 is 1.63 bits per heavy atom. The lowest BCUT2D eigenvalue weighted by Crippen LogP contribution is -2.00. The molecule has 0 spiro atoms. The van der Waals surface area contributed by atoms with Gasteiger partial charge in [-0.3, -0.25) is 0 Å². The summed E-state index contributed by atoms with van der Waals surface area (Å²) in [6, 6.07) is 61.2. The van der Waals surface area contributed by atoms with Gasteiger partial charge in [0.1, 0.15) is 11.2 Å². The fourth-order valence-corrected chi connectivity index (χ4v) is 7.07. The summed E-state index contributed by atoms with van der Waals surface area (Å²) in [6.45, 7) is 0. The number of fused-ring (bicyclic) bond motifs is 5. The van der Waals surface area contributed by atoms with Crippen molar-refractivity contribution in [3.8, 4) is 56.4 Å². The van der Waals surface area contributed by atoms with Crippen molar-refractivity contribution in [3.05, 3.63) is 176 Å². The molecule has 0 unspecified atom stereocenters. The van der Waals surface area contributed by atoms with Crippen LogP contribution in [-0.4, -0.2) is 15.0 Å². The number of hydrogen-bond acceptors (Lipinski definition) is 4. The van der Waals surface area contributed by atoms with Gasteiger partial charge in [-0.25, -0.2) is 15.0 Å². The molecule has 2 aromatic heterocycles. The van der Waals surface area contributed by atoms with Crippen LogP contribution in [0.15, 0.2) is 180 Å². The predicted molar refractivity (Wildman–Crippen MR) is 209 cm³/mol. The molecule has 0 aliphatic heterocycles. The van der Waals surface area contributed by atoms with Crippen molar-refractivity contribution in [2.75, 3.05) is 0 Å². The van der Waals surface area contributed by atoms with Crippen molar-refractivity contribution in [1.82, 2.24) is 15.0 Å². The van der Waals surface area contributed by atoms with Crippen molar-refractivity contribution in [1.29, 1.82) is 0 Å². The number of para-hydroxylation sites is 1. The van der Waals surface area contributed by atoms with E-state index < -0.39 is 0 Å². The van der Waals surface area contributed by atoms with Gasteiger partial charge in [-0.05, 0) is 74.6 Å². The molecule has 0 aliphatic carbocycles. The topological polar surface area (TPSA) is 51.8 Å². The Kier molecular flexibility index (Phi) is 6.78. The van der Waals surface area contributed by atoms with Crippen molar-refractivity contribution in [2.24, 2.45) is 0 Å². The molecule has 0 aliphatic rings. The lowest BCUT2D eigenvalue weighted by Gasteiger charge is -2.12. The van der Waals surface area contributed by atoms with Crippen LogP contribution in [0, 0.1) is 0 Å². The Bertz CT molecular complexity index is 2910. The van der Waals surface area contributed by atoms with Crippen LogP contribution in [0.4, 0.5) is 0 Å². The molecule has 0 fully saturated rings. The fourth-order valence-electron chi connectivity index (χ4n) is 7.07. The third-order valence-corrected chi connectivity index (χ3v) is 9.67. The highest BCUT2D eigenvalue weighted by atomic mass is 16.3. The summed E-state index contributed by atoms with van der Waals surface area (Å²) in [5.41, 5.74) is 8.90. The van der Waals surface area contributed by atoms with Crippen molar-refractivity contribution in [3.63, 3.8) is 0 Å². The van der Waals surface area contributed by atoms with Crippen LogP contribution in [0.1, 0.15) is 0 Å². The first kappa shape index (κ1) is 29.0. The summed E-state index contributed by atoms with van der Waals surface area (Å²) in [5, 5.41) is 6.73. The molecule has 4 heteroatoms. The van der Waals surface area contributed by atoms with Gasteiger partial charge in [-0.15, -0.1) is 0 Å². The molecule has 0 N–H and O–H groups in total. The number of furan rings is 1. The lowest BCUT2D eigenvalue weighted by molar-refractivity contribution is 0.670. The first-order chi connectivity index (χ1) is 25.2. The van der Waals surface area contributed by atoms with Gasteiger partial charge in [0.15, 0.2) is 17.5 Å². The van der Waals surface area contributed by atoms with Crippen LogP contribution < -0.4 is 0 Å². The average molecular weight is 652 g/mol. The molecule has 10 aromatic rings. The largest absolute Gasteiger partial charge is 0.455 e. The Morgan fingerprint density at radius 1 is 0.314 bits per heavy atom. The van der Waals surface area contributed by atoms with Crippen molar-refractivity contribution >= 4 is 43.5 Å². The molecular formula is C47H29N3O. The second-order valence-corrected chi connectivity index (χ2v) is 12.9. The van der Waals surface area contributed by atoms with E-state index in [4.69, 9.17) is 19.4 Å². The van der Waals surface area contributed by atoms with Crippen LogP contribution in [0.25, 0.3) is 99.9 Å². The van der Waals surface area contributed by atoms with Gasteiger partial charge in [0, 0.05) is 33.0 Å². The smallest absolute Gasteiger partial charge is 0.164 e. The Labute approximate surface area is 294 Å². The van der Waals surface area contributed by atoms with E-state index in [1.54, 1.807) is 0 Å². The van der Waals surface area contributed by atoms with Crippen molar-refractivity contribution in [2.45, 2.75) is 0 Å². The molecule has 2 heterocycles. The van der Waals surface area contributed by atoms with Crippen LogP contribution in [0.5, 0.6) is 0 Å². The summed E-state index contributed by atoms with van der Waals surface area (Å²) in [5.74, 6) is 1.86. The summed E-state index contributed by atoms with van der Waals surface area (Å²) in [7, 11) is 0. The lowest BCUT2D eigenvalue weighted by atomic mass is 9.95. The van der Waals surface area contributed by atoms with Gasteiger partial charge in [-0.1, -0.05) is 140 Å². The second-order valence-electron chi connectivity index (χ2n) is 12.9. The highest BCUT2D eigenvalue weighted by Gasteiger charge is 2.19. The highest BCUT2D eigenvalue weighted by molar-refractivity contribution is 6.11. The average Bonchev–Trinajstić information content (AvgIpc) is 3.59. The number of hydrogen-bond donors (Lipinski definition) is 0. The zero-order chi connectivity index (χ0) is 33.7. The third-order valence-electron chi connectivity index (χ3n) is 9.67.